The number of rotatable bonds is 8. The van der Waals surface area contributed by atoms with Gasteiger partial charge < -0.3 is 9.47 Å². The normalized spacial score (nSPS) is 27.0. The van der Waals surface area contributed by atoms with Crippen LogP contribution in [0.3, 0.4) is 0 Å². The largest absolute Gasteiger partial charge is 0.463 e. The van der Waals surface area contributed by atoms with Crippen molar-refractivity contribution in [2.75, 3.05) is 13.2 Å². The molecule has 0 heterocycles. The molecule has 3 unspecified atom stereocenters. The minimum Gasteiger partial charge on any atom is -0.463 e. The van der Waals surface area contributed by atoms with Gasteiger partial charge in [-0.2, -0.15) is 8.78 Å². The lowest BCUT2D eigenvalue weighted by Gasteiger charge is -2.21. The monoisotopic (exact) mass is 342 g/mol. The summed E-state index contributed by atoms with van der Waals surface area (Å²) in [5.41, 5.74) is 0. The Labute approximate surface area is 129 Å². The molecule has 2 fully saturated rings. The minimum absolute atomic E-state index is 0.226. The number of alkyl halides is 2. The Balaban J connectivity index is 1.64. The molecular weight excluding hydrogens is 326 g/mol. The minimum atomic E-state index is -4.12. The summed E-state index contributed by atoms with van der Waals surface area (Å²) in [6.45, 7) is -0.681. The molecule has 7 nitrogen and oxygen atoms in total. The van der Waals surface area contributed by atoms with Crippen LogP contribution in [-0.4, -0.2) is 35.7 Å². The topological polar surface area (TPSA) is 91.3 Å². The molecule has 3 atom stereocenters. The summed E-state index contributed by atoms with van der Waals surface area (Å²) >= 11 is -0.752. The Morgan fingerprint density at radius 1 is 1.23 bits per heavy atom. The van der Waals surface area contributed by atoms with E-state index in [1.165, 1.54) is 6.42 Å². The van der Waals surface area contributed by atoms with E-state index in [4.69, 9.17) is 9.99 Å². The van der Waals surface area contributed by atoms with E-state index < -0.39 is 35.8 Å². The molecule has 0 aromatic rings. The third-order valence-electron chi connectivity index (χ3n) is 4.07. The first-order valence-electron chi connectivity index (χ1n) is 6.79. The van der Waals surface area contributed by atoms with Crippen LogP contribution >= 0.6 is 12.0 Å². The number of esters is 2. The molecule has 2 rings (SSSR count). The van der Waals surface area contributed by atoms with E-state index in [9.17, 15) is 18.4 Å². The van der Waals surface area contributed by atoms with Crippen LogP contribution in [0.2, 0.25) is 0 Å². The molecule has 2 aliphatic carbocycles. The van der Waals surface area contributed by atoms with Gasteiger partial charge in [0.25, 0.3) is 0 Å². The van der Waals surface area contributed by atoms with E-state index in [1.54, 1.807) is 0 Å². The third-order valence-corrected chi connectivity index (χ3v) is 4.58. The van der Waals surface area contributed by atoms with Crippen LogP contribution in [0.25, 0.3) is 0 Å². The number of hydrogen-bond acceptors (Lipinski definition) is 8. The van der Waals surface area contributed by atoms with Gasteiger partial charge in [0.1, 0.15) is 12.0 Å². The van der Waals surface area contributed by atoms with Gasteiger partial charge in [-0.3, -0.25) is 0 Å². The van der Waals surface area contributed by atoms with Gasteiger partial charge in [0.2, 0.25) is 0 Å². The molecule has 0 aliphatic heterocycles. The zero-order valence-corrected chi connectivity index (χ0v) is 12.4. The van der Waals surface area contributed by atoms with E-state index in [0.717, 1.165) is 19.3 Å². The number of ether oxygens (including phenoxy) is 2. The van der Waals surface area contributed by atoms with Gasteiger partial charge in [-0.05, 0) is 37.0 Å². The Bertz CT molecular complexity index is 420. The Morgan fingerprint density at radius 3 is 2.59 bits per heavy atom. The molecule has 1 N–H and O–H groups in total. The Kier molecular flexibility index (Phi) is 5.95. The molecule has 2 bridgehead atoms. The summed E-state index contributed by atoms with van der Waals surface area (Å²) in [5, 5.41) is 6.58. The van der Waals surface area contributed by atoms with Gasteiger partial charge in [0.05, 0.1) is 6.61 Å². The van der Waals surface area contributed by atoms with Crippen molar-refractivity contribution in [3.63, 3.8) is 0 Å². The van der Waals surface area contributed by atoms with Gasteiger partial charge in [0.15, 0.2) is 6.61 Å². The number of halogens is 2. The zero-order chi connectivity index (χ0) is 16.2. The summed E-state index contributed by atoms with van der Waals surface area (Å²) in [7, 11) is 0. The van der Waals surface area contributed by atoms with E-state index in [0.29, 0.717) is 17.8 Å². The molecule has 2 saturated carbocycles. The highest BCUT2D eigenvalue weighted by Gasteiger charge is 2.44. The van der Waals surface area contributed by atoms with E-state index >= 15 is 0 Å². The summed E-state index contributed by atoms with van der Waals surface area (Å²) < 4.78 is 38.6. The van der Waals surface area contributed by atoms with Crippen molar-refractivity contribution < 1.29 is 42.5 Å². The average Bonchev–Trinajstić information content (AvgIpc) is 3.11. The lowest BCUT2D eigenvalue weighted by atomic mass is 9.90. The van der Waals surface area contributed by atoms with E-state index in [1.807, 2.05) is 0 Å². The lowest BCUT2D eigenvalue weighted by Crippen LogP contribution is -2.30. The van der Waals surface area contributed by atoms with Crippen LogP contribution < -0.4 is 0 Å². The quantitative estimate of drug-likeness (QED) is 0.311. The fourth-order valence-electron chi connectivity index (χ4n) is 3.12. The van der Waals surface area contributed by atoms with Crippen molar-refractivity contribution >= 4 is 24.0 Å². The third kappa shape index (κ3) is 4.51. The number of carbonyl (C=O) groups excluding carboxylic acids is 2. The Hall–Kier alpha value is -0.970. The van der Waals surface area contributed by atoms with Crippen LogP contribution in [0.4, 0.5) is 8.78 Å². The smallest absolute Gasteiger partial charge is 0.415 e. The second-order valence-corrected chi connectivity index (χ2v) is 6.25. The molecule has 0 saturated heterocycles. The second-order valence-electron chi connectivity index (χ2n) is 5.44. The molecule has 22 heavy (non-hydrogen) atoms. The number of carbonyl (C=O) groups is 2. The molecule has 0 amide bonds. The van der Waals surface area contributed by atoms with Gasteiger partial charge >= 0.3 is 17.2 Å². The van der Waals surface area contributed by atoms with Crippen molar-refractivity contribution in [3.05, 3.63) is 0 Å². The fraction of sp³-hybridized carbons (Fsp3) is 0.833. The van der Waals surface area contributed by atoms with Gasteiger partial charge in [-0.15, -0.1) is 4.33 Å². The molecule has 0 aromatic heterocycles. The number of hydrogen-bond donors (Lipinski definition) is 1. The predicted octanol–water partition coefficient (Wildman–Crippen LogP) is 2.17. The first-order chi connectivity index (χ1) is 10.4. The van der Waals surface area contributed by atoms with Crippen molar-refractivity contribution in [1.29, 1.82) is 0 Å². The molecule has 2 aliphatic rings. The highest BCUT2D eigenvalue weighted by atomic mass is 32.2. The van der Waals surface area contributed by atoms with Crippen molar-refractivity contribution in [2.24, 2.45) is 17.8 Å². The molecule has 0 radical (unpaired) electrons. The summed E-state index contributed by atoms with van der Waals surface area (Å²) in [5.74, 6) is -1.29. The maximum Gasteiger partial charge on any atom is 0.415 e. The van der Waals surface area contributed by atoms with Crippen LogP contribution in [-0.2, 0) is 28.4 Å². The summed E-state index contributed by atoms with van der Waals surface area (Å²) in [6, 6.07) is 0. The molecule has 10 heteroatoms. The molecule has 0 aromatic carbocycles. The van der Waals surface area contributed by atoms with Crippen LogP contribution in [0, 0.1) is 17.8 Å². The standard InChI is InChI=1S/C12H16F2O7S/c13-12(14,22-21-20-17)11(16)19-6-10(15)18-5-9-4-7-1-2-8(9)3-7/h7-9,17H,1-6H2. The first kappa shape index (κ1) is 17.4. The van der Waals surface area contributed by atoms with E-state index in [2.05, 4.69) is 14.1 Å². The van der Waals surface area contributed by atoms with Crippen molar-refractivity contribution in [1.82, 2.24) is 0 Å². The van der Waals surface area contributed by atoms with Gasteiger partial charge in [-0.25, -0.2) is 14.8 Å². The maximum absolute atomic E-state index is 13.0. The van der Waals surface area contributed by atoms with Gasteiger partial charge in [-0.1, -0.05) is 11.5 Å². The summed E-state index contributed by atoms with van der Waals surface area (Å²) in [6.07, 6.45) is 4.54. The predicted molar refractivity (Wildman–Crippen MR) is 68.2 cm³/mol. The molecule has 126 valence electrons. The highest BCUT2D eigenvalue weighted by Crippen LogP contribution is 2.48. The van der Waals surface area contributed by atoms with Crippen LogP contribution in [0.15, 0.2) is 0 Å². The molecule has 0 spiro atoms. The van der Waals surface area contributed by atoms with Crippen LogP contribution in [0.1, 0.15) is 25.7 Å². The lowest BCUT2D eigenvalue weighted by molar-refractivity contribution is -0.433. The first-order valence-corrected chi connectivity index (χ1v) is 7.53. The Morgan fingerprint density at radius 2 is 2.00 bits per heavy atom. The van der Waals surface area contributed by atoms with Crippen molar-refractivity contribution in [3.8, 4) is 0 Å². The average molecular weight is 342 g/mol. The number of fused-ring (bicyclic) bond motifs is 2. The van der Waals surface area contributed by atoms with E-state index in [-0.39, 0.29) is 6.61 Å². The van der Waals surface area contributed by atoms with Crippen molar-refractivity contribution in [2.45, 2.75) is 30.9 Å². The zero-order valence-electron chi connectivity index (χ0n) is 11.5. The highest BCUT2D eigenvalue weighted by molar-refractivity contribution is 7.96. The second kappa shape index (κ2) is 7.53. The summed E-state index contributed by atoms with van der Waals surface area (Å²) in [4.78, 5) is 22.4. The molecular formula is C12H16F2O7S. The van der Waals surface area contributed by atoms with Crippen LogP contribution in [0.5, 0.6) is 0 Å². The SMILES string of the molecule is O=C(COC(=O)C(F)(F)SOOO)OCC1CC2CCC1C2. The maximum atomic E-state index is 13.0. The fourth-order valence-corrected chi connectivity index (χ4v) is 3.37. The van der Waals surface area contributed by atoms with Gasteiger partial charge in [0, 0.05) is 0 Å².